The molecule has 0 bridgehead atoms. The second-order valence-electron chi connectivity index (χ2n) is 6.68. The third kappa shape index (κ3) is 5.22. The summed E-state index contributed by atoms with van der Waals surface area (Å²) in [5.74, 6) is -2.77. The van der Waals surface area contributed by atoms with Crippen LogP contribution in [-0.4, -0.2) is 36.2 Å². The van der Waals surface area contributed by atoms with E-state index >= 15 is 0 Å². The number of Topliss-reactive ketones (excluding diaryl/α,β-unsaturated/α-hetero) is 1. The molecule has 0 amide bonds. The number of hydrogen-bond acceptors (Lipinski definition) is 7. The molecule has 1 aromatic rings. The Labute approximate surface area is 184 Å². The molecule has 0 radical (unpaired) electrons. The van der Waals surface area contributed by atoms with Crippen molar-refractivity contribution in [3.05, 3.63) is 56.3 Å². The molecule has 1 aliphatic heterocycles. The van der Waals surface area contributed by atoms with E-state index in [-0.39, 0.29) is 27.6 Å². The van der Waals surface area contributed by atoms with Gasteiger partial charge in [-0.25, -0.2) is 4.79 Å². The number of halogens is 2. The Balaban J connectivity index is 2.46. The second-order valence-corrected chi connectivity index (χ2v) is 7.46. The summed E-state index contributed by atoms with van der Waals surface area (Å²) in [4.78, 5) is 37.0. The third-order valence-corrected chi connectivity index (χ3v) is 5.41. The number of esters is 2. The Hall–Kier alpha value is -2.35. The molecule has 1 unspecified atom stereocenters. The van der Waals surface area contributed by atoms with Crippen molar-refractivity contribution < 1.29 is 29.0 Å². The van der Waals surface area contributed by atoms with Crippen LogP contribution >= 0.6 is 23.2 Å². The average molecular weight is 456 g/mol. The summed E-state index contributed by atoms with van der Waals surface area (Å²) in [7, 11) is 0. The van der Waals surface area contributed by atoms with Crippen LogP contribution in [0.15, 0.2) is 40.7 Å². The minimum Gasteiger partial charge on any atom is -0.428 e. The first-order valence-corrected chi connectivity index (χ1v) is 10.1. The van der Waals surface area contributed by atoms with Gasteiger partial charge in [-0.3, -0.25) is 9.59 Å². The van der Waals surface area contributed by atoms with E-state index in [1.807, 2.05) is 6.92 Å². The van der Waals surface area contributed by atoms with Gasteiger partial charge in [-0.1, -0.05) is 42.3 Å². The molecule has 30 heavy (non-hydrogen) atoms. The van der Waals surface area contributed by atoms with Crippen LogP contribution in [0.4, 0.5) is 0 Å². The largest absolute Gasteiger partial charge is 0.428 e. The van der Waals surface area contributed by atoms with E-state index < -0.39 is 37.0 Å². The molecular formula is C21H23Cl2NO6. The van der Waals surface area contributed by atoms with Gasteiger partial charge in [0, 0.05) is 29.3 Å². The number of aliphatic hydroxyl groups is 1. The number of benzene rings is 1. The van der Waals surface area contributed by atoms with Gasteiger partial charge in [-0.15, -0.1) is 0 Å². The SMILES string of the molecule is CCCC(=O)OCOC(=O)C1=C(C)NC(C)=C(C(=O)CO)C1c1cccc(Cl)c1Cl. The Morgan fingerprint density at radius 3 is 2.40 bits per heavy atom. The first-order valence-electron chi connectivity index (χ1n) is 9.32. The Morgan fingerprint density at radius 2 is 1.77 bits per heavy atom. The molecule has 0 spiro atoms. The maximum absolute atomic E-state index is 12.9. The fraction of sp³-hybridized carbons (Fsp3) is 0.381. The summed E-state index contributed by atoms with van der Waals surface area (Å²) in [5, 5.41) is 12.9. The molecule has 0 aromatic heterocycles. The average Bonchev–Trinajstić information content (AvgIpc) is 2.69. The third-order valence-electron chi connectivity index (χ3n) is 4.58. The molecule has 1 aliphatic rings. The summed E-state index contributed by atoms with van der Waals surface area (Å²) in [6.45, 7) is 3.82. The van der Waals surface area contributed by atoms with Gasteiger partial charge in [0.15, 0.2) is 5.78 Å². The van der Waals surface area contributed by atoms with Crippen molar-refractivity contribution in [2.24, 2.45) is 0 Å². The second kappa shape index (κ2) is 10.6. The van der Waals surface area contributed by atoms with Gasteiger partial charge in [0.1, 0.15) is 6.61 Å². The van der Waals surface area contributed by atoms with Crippen LogP contribution in [0, 0.1) is 0 Å². The predicted molar refractivity (Wildman–Crippen MR) is 112 cm³/mol. The number of rotatable bonds is 8. The normalized spacial score (nSPS) is 16.3. The van der Waals surface area contributed by atoms with Crippen LogP contribution in [0.5, 0.6) is 0 Å². The molecule has 1 aromatic carbocycles. The van der Waals surface area contributed by atoms with Crippen LogP contribution in [0.25, 0.3) is 0 Å². The van der Waals surface area contributed by atoms with Gasteiger partial charge in [0.25, 0.3) is 0 Å². The zero-order chi connectivity index (χ0) is 22.4. The molecule has 0 aliphatic carbocycles. The quantitative estimate of drug-likeness (QED) is 0.455. The molecule has 2 N–H and O–H groups in total. The van der Waals surface area contributed by atoms with Crippen molar-refractivity contribution in [3.63, 3.8) is 0 Å². The fourth-order valence-corrected chi connectivity index (χ4v) is 3.69. The number of dihydropyridines is 1. The van der Waals surface area contributed by atoms with Gasteiger partial charge < -0.3 is 19.9 Å². The topological polar surface area (TPSA) is 102 Å². The summed E-state index contributed by atoms with van der Waals surface area (Å²) >= 11 is 12.5. The zero-order valence-corrected chi connectivity index (χ0v) is 18.4. The van der Waals surface area contributed by atoms with Gasteiger partial charge >= 0.3 is 11.9 Å². The number of nitrogens with one attached hydrogen (secondary N) is 1. The molecule has 1 atom stereocenters. The number of aliphatic hydroxyl groups excluding tert-OH is 1. The Morgan fingerprint density at radius 1 is 1.10 bits per heavy atom. The van der Waals surface area contributed by atoms with Crippen molar-refractivity contribution >= 4 is 40.9 Å². The van der Waals surface area contributed by atoms with Gasteiger partial charge in [-0.2, -0.15) is 0 Å². The number of carbonyl (C=O) groups is 3. The predicted octanol–water partition coefficient (Wildman–Crippen LogP) is 3.63. The molecular weight excluding hydrogens is 433 g/mol. The number of carbonyl (C=O) groups excluding carboxylic acids is 3. The number of ether oxygens (including phenoxy) is 2. The molecule has 0 saturated heterocycles. The molecule has 2 rings (SSSR count). The number of allylic oxidation sites excluding steroid dienone is 2. The zero-order valence-electron chi connectivity index (χ0n) is 16.9. The van der Waals surface area contributed by atoms with Crippen molar-refractivity contribution in [1.82, 2.24) is 5.32 Å². The lowest BCUT2D eigenvalue weighted by Crippen LogP contribution is -2.33. The molecule has 9 heteroatoms. The lowest BCUT2D eigenvalue weighted by Gasteiger charge is -2.31. The standard InChI is InChI=1S/C21H23Cl2NO6/c1-4-6-16(27)29-10-30-21(28)18-12(3)24-11(2)17(15(26)9-25)19(18)13-7-5-8-14(22)20(13)23/h5,7-8,19,24-25H,4,6,9-10H2,1-3H3. The van der Waals surface area contributed by atoms with Crippen molar-refractivity contribution in [2.75, 3.05) is 13.4 Å². The van der Waals surface area contributed by atoms with Crippen LogP contribution < -0.4 is 5.32 Å². The monoisotopic (exact) mass is 455 g/mol. The minimum absolute atomic E-state index is 0.105. The highest BCUT2D eigenvalue weighted by atomic mass is 35.5. The Kier molecular flexibility index (Phi) is 8.46. The lowest BCUT2D eigenvalue weighted by atomic mass is 9.79. The molecule has 0 fully saturated rings. The summed E-state index contributed by atoms with van der Waals surface area (Å²) < 4.78 is 10.0. The van der Waals surface area contributed by atoms with E-state index in [0.717, 1.165) is 0 Å². The van der Waals surface area contributed by atoms with Crippen LogP contribution in [0.2, 0.25) is 10.0 Å². The smallest absolute Gasteiger partial charge is 0.339 e. The first-order chi connectivity index (χ1) is 14.2. The highest BCUT2D eigenvalue weighted by molar-refractivity contribution is 6.42. The molecule has 1 heterocycles. The van der Waals surface area contributed by atoms with E-state index in [1.54, 1.807) is 32.0 Å². The molecule has 7 nitrogen and oxygen atoms in total. The minimum atomic E-state index is -0.920. The van der Waals surface area contributed by atoms with E-state index in [0.29, 0.717) is 23.4 Å². The first kappa shape index (κ1) is 23.9. The van der Waals surface area contributed by atoms with E-state index in [1.165, 1.54) is 0 Å². The van der Waals surface area contributed by atoms with Crippen LogP contribution in [0.1, 0.15) is 45.1 Å². The summed E-state index contributed by atoms with van der Waals surface area (Å²) in [6.07, 6.45) is 0.811. The Bertz CT molecular complexity index is 922. The summed E-state index contributed by atoms with van der Waals surface area (Å²) in [6, 6.07) is 4.87. The van der Waals surface area contributed by atoms with Crippen molar-refractivity contribution in [1.29, 1.82) is 0 Å². The van der Waals surface area contributed by atoms with Gasteiger partial charge in [0.05, 0.1) is 15.6 Å². The van der Waals surface area contributed by atoms with E-state index in [2.05, 4.69) is 5.32 Å². The van der Waals surface area contributed by atoms with Crippen molar-refractivity contribution in [3.8, 4) is 0 Å². The van der Waals surface area contributed by atoms with E-state index in [9.17, 15) is 19.5 Å². The maximum Gasteiger partial charge on any atom is 0.339 e. The van der Waals surface area contributed by atoms with Crippen LogP contribution in [-0.2, 0) is 23.9 Å². The number of hydrogen-bond donors (Lipinski definition) is 2. The molecule has 162 valence electrons. The van der Waals surface area contributed by atoms with Crippen molar-refractivity contribution in [2.45, 2.75) is 39.5 Å². The lowest BCUT2D eigenvalue weighted by molar-refractivity contribution is -0.164. The highest BCUT2D eigenvalue weighted by Gasteiger charge is 2.38. The van der Waals surface area contributed by atoms with Gasteiger partial charge in [-0.05, 0) is 31.9 Å². The van der Waals surface area contributed by atoms with Gasteiger partial charge in [0.2, 0.25) is 6.79 Å². The number of ketones is 1. The summed E-state index contributed by atoms with van der Waals surface area (Å²) in [5.41, 5.74) is 1.60. The maximum atomic E-state index is 12.9. The molecule has 0 saturated carbocycles. The van der Waals surface area contributed by atoms with Crippen LogP contribution in [0.3, 0.4) is 0 Å². The fourth-order valence-electron chi connectivity index (χ4n) is 3.28. The van der Waals surface area contributed by atoms with E-state index in [4.69, 9.17) is 32.7 Å². The highest BCUT2D eigenvalue weighted by Crippen LogP contribution is 2.43.